The summed E-state index contributed by atoms with van der Waals surface area (Å²) in [7, 11) is 1.45. The van der Waals surface area contributed by atoms with Crippen LogP contribution in [0.3, 0.4) is 0 Å². The highest BCUT2D eigenvalue weighted by molar-refractivity contribution is 7.80. The lowest BCUT2D eigenvalue weighted by atomic mass is 10.2. The van der Waals surface area contributed by atoms with Crippen molar-refractivity contribution in [2.45, 2.75) is 6.10 Å². The number of amides is 1. The van der Waals surface area contributed by atoms with E-state index in [0.29, 0.717) is 57.2 Å². The molecule has 2 aliphatic heterocycles. The van der Waals surface area contributed by atoms with Crippen LogP contribution in [0.25, 0.3) is 0 Å². The van der Waals surface area contributed by atoms with Crippen molar-refractivity contribution in [3.05, 3.63) is 24.0 Å². The Labute approximate surface area is 168 Å². The molecule has 28 heavy (non-hydrogen) atoms. The minimum Gasteiger partial charge on any atom is -0.474 e. The number of ether oxygens (including phenoxy) is 2. The first-order valence-electron chi connectivity index (χ1n) is 9.14. The van der Waals surface area contributed by atoms with Gasteiger partial charge in [-0.1, -0.05) is 0 Å². The molecule has 1 atom stereocenters. The molecule has 154 valence electrons. The van der Waals surface area contributed by atoms with Gasteiger partial charge in [0.05, 0.1) is 31.6 Å². The van der Waals surface area contributed by atoms with Crippen LogP contribution in [0.1, 0.15) is 0 Å². The second kappa shape index (κ2) is 9.33. The summed E-state index contributed by atoms with van der Waals surface area (Å²) in [5.74, 6) is -0.397. The Morgan fingerprint density at radius 1 is 1.36 bits per heavy atom. The maximum atomic E-state index is 14.7. The molecule has 2 aliphatic rings. The number of carbonyl (C=O) groups excluding carboxylic acids is 1. The van der Waals surface area contributed by atoms with E-state index in [-0.39, 0.29) is 11.8 Å². The molecule has 3 rings (SSSR count). The fraction of sp³-hybridized carbons (Fsp3) is 0.556. The van der Waals surface area contributed by atoms with Gasteiger partial charge < -0.3 is 19.7 Å². The minimum atomic E-state index is -0.526. The van der Waals surface area contributed by atoms with Gasteiger partial charge in [0.2, 0.25) is 0 Å². The van der Waals surface area contributed by atoms with E-state index in [0.717, 1.165) is 0 Å². The number of hydrogen-bond donors (Lipinski definition) is 1. The zero-order valence-electron chi connectivity index (χ0n) is 15.7. The second-order valence-corrected chi connectivity index (χ2v) is 7.01. The van der Waals surface area contributed by atoms with Crippen molar-refractivity contribution in [1.29, 1.82) is 0 Å². The van der Waals surface area contributed by atoms with Crippen LogP contribution >= 0.6 is 12.2 Å². The van der Waals surface area contributed by atoms with Gasteiger partial charge in [-0.05, 0) is 30.4 Å². The maximum Gasteiger partial charge on any atom is 0.414 e. The van der Waals surface area contributed by atoms with Crippen LogP contribution in [0.2, 0.25) is 0 Å². The van der Waals surface area contributed by atoms with E-state index < -0.39 is 18.0 Å². The van der Waals surface area contributed by atoms with Gasteiger partial charge in [-0.2, -0.15) is 0 Å². The van der Waals surface area contributed by atoms with Crippen molar-refractivity contribution in [1.82, 2.24) is 10.2 Å². The molecule has 0 bridgehead atoms. The predicted molar refractivity (Wildman–Crippen MR) is 106 cm³/mol. The number of halogens is 2. The average Bonchev–Trinajstić information content (AvgIpc) is 3.07. The summed E-state index contributed by atoms with van der Waals surface area (Å²) >= 11 is 4.89. The first-order valence-corrected chi connectivity index (χ1v) is 9.55. The van der Waals surface area contributed by atoms with Gasteiger partial charge in [0.15, 0.2) is 0 Å². The van der Waals surface area contributed by atoms with Crippen LogP contribution in [0.15, 0.2) is 18.2 Å². The van der Waals surface area contributed by atoms with Crippen LogP contribution in [0, 0.1) is 5.82 Å². The Morgan fingerprint density at radius 2 is 2.11 bits per heavy atom. The Hall–Kier alpha value is -2.20. The summed E-state index contributed by atoms with van der Waals surface area (Å²) in [6, 6.07) is 4.73. The maximum absolute atomic E-state index is 14.7. The lowest BCUT2D eigenvalue weighted by molar-refractivity contribution is 0.142. The summed E-state index contributed by atoms with van der Waals surface area (Å²) in [6.45, 7) is 3.31. The lowest BCUT2D eigenvalue weighted by Crippen LogP contribution is -2.47. The van der Waals surface area contributed by atoms with Crippen LogP contribution in [0.5, 0.6) is 0 Å². The van der Waals surface area contributed by atoms with Crippen molar-refractivity contribution in [2.75, 3.05) is 69.4 Å². The summed E-state index contributed by atoms with van der Waals surface area (Å²) in [5, 5.41) is 3.06. The largest absolute Gasteiger partial charge is 0.474 e. The van der Waals surface area contributed by atoms with E-state index in [9.17, 15) is 13.6 Å². The average molecular weight is 414 g/mol. The number of carbonyl (C=O) groups is 1. The van der Waals surface area contributed by atoms with Crippen LogP contribution in [-0.2, 0) is 9.47 Å². The summed E-state index contributed by atoms with van der Waals surface area (Å²) in [6.07, 6.45) is -0.936. The molecule has 10 heteroatoms. The zero-order chi connectivity index (χ0) is 20.1. The Morgan fingerprint density at radius 3 is 2.75 bits per heavy atom. The third-order valence-electron chi connectivity index (χ3n) is 4.89. The Kier molecular flexibility index (Phi) is 6.84. The highest BCUT2D eigenvalue weighted by atomic mass is 32.1. The van der Waals surface area contributed by atoms with Gasteiger partial charge in [0.1, 0.15) is 18.6 Å². The smallest absolute Gasteiger partial charge is 0.414 e. The number of thiocarbonyl (C=S) groups is 1. The number of cyclic esters (lactones) is 1. The molecule has 1 aromatic carbocycles. The van der Waals surface area contributed by atoms with Gasteiger partial charge in [0, 0.05) is 32.7 Å². The van der Waals surface area contributed by atoms with Gasteiger partial charge >= 0.3 is 6.09 Å². The molecular formula is C18H24F2N4O3S. The van der Waals surface area contributed by atoms with E-state index in [2.05, 4.69) is 5.32 Å². The molecule has 1 aromatic rings. The number of rotatable bonds is 6. The number of benzene rings is 1. The van der Waals surface area contributed by atoms with Gasteiger partial charge in [-0.3, -0.25) is 9.80 Å². The monoisotopic (exact) mass is 414 g/mol. The molecule has 0 saturated carbocycles. The number of anilines is 2. The summed E-state index contributed by atoms with van der Waals surface area (Å²) in [5.41, 5.74) is 0.930. The molecule has 2 heterocycles. The second-order valence-electron chi connectivity index (χ2n) is 6.64. The van der Waals surface area contributed by atoms with E-state index in [1.165, 1.54) is 18.1 Å². The third kappa shape index (κ3) is 4.79. The molecule has 0 unspecified atom stereocenters. The highest BCUT2D eigenvalue weighted by Gasteiger charge is 2.33. The van der Waals surface area contributed by atoms with Crippen molar-refractivity contribution in [2.24, 2.45) is 0 Å². The molecule has 0 aromatic heterocycles. The lowest BCUT2D eigenvalue weighted by Gasteiger charge is -2.35. The zero-order valence-corrected chi connectivity index (χ0v) is 16.5. The van der Waals surface area contributed by atoms with E-state index in [1.54, 1.807) is 12.1 Å². The molecule has 1 N–H and O–H groups in total. The predicted octanol–water partition coefficient (Wildman–Crippen LogP) is 1.76. The highest BCUT2D eigenvalue weighted by Crippen LogP contribution is 2.28. The van der Waals surface area contributed by atoms with Crippen LogP contribution in [-0.4, -0.2) is 81.9 Å². The number of alkyl halides is 1. The molecule has 2 saturated heterocycles. The molecule has 1 amide bonds. The minimum absolute atomic E-state index is 0.219. The summed E-state index contributed by atoms with van der Waals surface area (Å²) in [4.78, 5) is 17.5. The normalized spacial score (nSPS) is 20.2. The van der Waals surface area contributed by atoms with E-state index in [1.807, 2.05) is 9.80 Å². The Balaban J connectivity index is 1.61. The van der Waals surface area contributed by atoms with Crippen molar-refractivity contribution < 1.29 is 23.0 Å². The van der Waals surface area contributed by atoms with E-state index in [4.69, 9.17) is 21.7 Å². The van der Waals surface area contributed by atoms with Gasteiger partial charge in [0.25, 0.3) is 5.17 Å². The number of methoxy groups -OCH3 is 1. The molecule has 2 fully saturated rings. The first kappa shape index (κ1) is 20.5. The fourth-order valence-corrected chi connectivity index (χ4v) is 3.44. The fourth-order valence-electron chi connectivity index (χ4n) is 3.36. The molecule has 7 nitrogen and oxygen atoms in total. The van der Waals surface area contributed by atoms with Crippen molar-refractivity contribution >= 4 is 34.9 Å². The summed E-state index contributed by atoms with van der Waals surface area (Å²) < 4.78 is 37.3. The first-order chi connectivity index (χ1) is 13.5. The Bertz CT molecular complexity index is 716. The third-order valence-corrected chi connectivity index (χ3v) is 5.20. The van der Waals surface area contributed by atoms with Crippen molar-refractivity contribution in [3.63, 3.8) is 0 Å². The molecule has 0 spiro atoms. The number of piperazine rings is 1. The number of nitrogens with one attached hydrogen (secondary N) is 1. The number of hydrogen-bond acceptors (Lipinski definition) is 6. The SMILES string of the molecule is COC(=S)NC[C@H]1CN(c2ccc(N3CCN(CCF)CC3)c(F)c2)C(=O)O1. The topological polar surface area (TPSA) is 57.3 Å². The van der Waals surface area contributed by atoms with E-state index >= 15 is 0 Å². The van der Waals surface area contributed by atoms with Gasteiger partial charge in [-0.25, -0.2) is 13.6 Å². The van der Waals surface area contributed by atoms with Crippen LogP contribution in [0.4, 0.5) is 25.0 Å². The molecular weight excluding hydrogens is 390 g/mol. The van der Waals surface area contributed by atoms with Crippen LogP contribution < -0.4 is 15.1 Å². The van der Waals surface area contributed by atoms with Crippen molar-refractivity contribution in [3.8, 4) is 0 Å². The standard InChI is InChI=1S/C18H24F2N4O3S/c1-26-17(28)21-11-14-12-24(18(25)27-14)13-2-3-16(15(20)10-13)23-8-6-22(5-4-19)7-9-23/h2-3,10,14H,4-9,11-12H2,1H3,(H,21,28)/t14-/m0/s1. The molecule has 0 aliphatic carbocycles. The molecule has 0 radical (unpaired) electrons. The van der Waals surface area contributed by atoms with Gasteiger partial charge in [-0.15, -0.1) is 0 Å². The number of nitrogens with zero attached hydrogens (tertiary/aromatic N) is 3. The quantitative estimate of drug-likeness (QED) is 0.712.